The fourth-order valence-electron chi connectivity index (χ4n) is 7.56. The van der Waals surface area contributed by atoms with Gasteiger partial charge in [0.25, 0.3) is 11.1 Å². The number of nitrogens with zero attached hydrogens (tertiary/aromatic N) is 2. The van der Waals surface area contributed by atoms with E-state index in [2.05, 4.69) is 55.3 Å². The lowest BCUT2D eigenvalue weighted by atomic mass is 10.2. The molecule has 12 unspecified atom stereocenters. The normalized spacial score (nSPS) is 21.4. The van der Waals surface area contributed by atoms with Crippen LogP contribution in [0.4, 0.5) is 4.79 Å². The van der Waals surface area contributed by atoms with E-state index in [1.807, 2.05) is 9.97 Å². The highest BCUT2D eigenvalue weighted by molar-refractivity contribution is 7.67. The maximum atomic E-state index is 12.5. The van der Waals surface area contributed by atoms with E-state index in [1.54, 1.807) is 52.8 Å². The molecule has 0 bridgehead atoms. The first-order valence-electron chi connectivity index (χ1n) is 26.1. The molecule has 0 aliphatic carbocycles. The Balaban J connectivity index is 0.000000341. The summed E-state index contributed by atoms with van der Waals surface area (Å²) in [6, 6.07) is 11.0. The van der Waals surface area contributed by atoms with Crippen LogP contribution in [0, 0.1) is 23.7 Å². The lowest BCUT2D eigenvalue weighted by molar-refractivity contribution is -0.135. The summed E-state index contributed by atoms with van der Waals surface area (Å²) in [5, 5.41) is 23.2. The van der Waals surface area contributed by atoms with E-state index in [0.717, 1.165) is 21.5 Å². The number of phosphoric acid groups is 6. The van der Waals surface area contributed by atoms with E-state index in [9.17, 15) is 90.7 Å². The Morgan fingerprint density at radius 1 is 0.624 bits per heavy atom. The Morgan fingerprint density at radius 2 is 1.01 bits per heavy atom. The van der Waals surface area contributed by atoms with Gasteiger partial charge < -0.3 is 84.1 Å². The van der Waals surface area contributed by atoms with Gasteiger partial charge in [-0.15, -0.1) is 0 Å². The van der Waals surface area contributed by atoms with Gasteiger partial charge in [0.1, 0.15) is 52.9 Å². The van der Waals surface area contributed by atoms with Crippen LogP contribution in [0.15, 0.2) is 80.1 Å². The Kier molecular flexibility index (Phi) is 26.6. The minimum atomic E-state index is -5.78. The molecule has 2 saturated heterocycles. The van der Waals surface area contributed by atoms with Gasteiger partial charge in [0, 0.05) is 48.4 Å². The number of aliphatic hydroxyl groups is 2. The van der Waals surface area contributed by atoms with E-state index in [1.165, 1.54) is 30.3 Å². The van der Waals surface area contributed by atoms with Crippen molar-refractivity contribution in [2.45, 2.75) is 115 Å². The number of aromatic nitrogens is 4. The van der Waals surface area contributed by atoms with Crippen LogP contribution in [-0.4, -0.2) is 142 Å². The predicted molar refractivity (Wildman–Crippen MR) is 309 cm³/mol. The molecule has 40 nitrogen and oxygen atoms in total. The van der Waals surface area contributed by atoms with Crippen LogP contribution in [0.1, 0.15) is 95.0 Å². The summed E-state index contributed by atoms with van der Waals surface area (Å²) in [6.07, 6.45) is -7.70. The van der Waals surface area contributed by atoms with Crippen molar-refractivity contribution in [3.05, 3.63) is 125 Å². The molecule has 2 aromatic heterocycles. The zero-order valence-electron chi connectivity index (χ0n) is 48.6. The van der Waals surface area contributed by atoms with E-state index >= 15 is 0 Å². The summed E-state index contributed by atoms with van der Waals surface area (Å²) in [7, 11) is -33.7. The van der Waals surface area contributed by atoms with Gasteiger partial charge in [0.05, 0.1) is 38.3 Å². The lowest BCUT2D eigenvalue weighted by Crippen LogP contribution is -2.39. The largest absolute Gasteiger partial charge is 0.490 e. The number of hydrogen-bond acceptors (Lipinski definition) is 27. The van der Waals surface area contributed by atoms with Gasteiger partial charge in [0.15, 0.2) is 0 Å². The first-order valence-corrected chi connectivity index (χ1v) is 35.1. The average molecular weight is 1440 g/mol. The van der Waals surface area contributed by atoms with E-state index < -0.39 is 155 Å². The standard InChI is InChI=1S/C26H34N3O18P3.C21H26N3O16P3/c1-15(27-25(34)45-26(2,3)4)10-22(31)43-18-7-5-6-16(11-18)8-9-17-13-29(24(33)28-23(17)32)21-12-19(30)20(44-21)14-42-49(38,39)47-50(40,41)46-48(35,36)37;1-12(22)7-19(26)37-15-4-2-3-13(8-15)5-6-14-10-24(21(28)23-20(14)27)18-9-16(25)17(38-18)11-36-42(32,33)40-43(34,35)39-41(29,30)31/h5-7,11,13,15,19-21,30H,10,12,14H2,1-4H3,(H,27,34)(H,38,39)(H,40,41)(H,28,32,33)(H2,35,36,37);2-4,8,10,12,16-18,25H,7,9,11,22H2,1H3,(H,32,33)(H,34,35)(H,23,27,28)(H2,29,30,31). The van der Waals surface area contributed by atoms with Gasteiger partial charge in [-0.2, -0.15) is 17.2 Å². The number of amides is 1. The summed E-state index contributed by atoms with van der Waals surface area (Å²) in [6.45, 7) is 6.37. The molecule has 2 aliphatic heterocycles. The van der Waals surface area contributed by atoms with Gasteiger partial charge >= 0.3 is 76.3 Å². The van der Waals surface area contributed by atoms with Crippen molar-refractivity contribution in [3.8, 4) is 35.2 Å². The first-order chi connectivity index (χ1) is 42.7. The molecule has 2 aliphatic rings. The van der Waals surface area contributed by atoms with Gasteiger partial charge in [-0.3, -0.25) is 47.3 Å². The number of phosphoric ester groups is 2. The molecule has 0 saturated carbocycles. The molecule has 93 heavy (non-hydrogen) atoms. The summed E-state index contributed by atoms with van der Waals surface area (Å²) in [5.74, 6) is 9.62. The Bertz CT molecular complexity index is 4090. The minimum absolute atomic E-state index is 0.01000. The lowest BCUT2D eigenvalue weighted by Gasteiger charge is -2.21. The van der Waals surface area contributed by atoms with Gasteiger partial charge in [-0.05, 0) is 71.0 Å². The van der Waals surface area contributed by atoms with Crippen molar-refractivity contribution in [1.29, 1.82) is 0 Å². The van der Waals surface area contributed by atoms with Crippen molar-refractivity contribution in [3.63, 3.8) is 0 Å². The summed E-state index contributed by atoms with van der Waals surface area (Å²) < 4.78 is 120. The summed E-state index contributed by atoms with van der Waals surface area (Å²) in [5.41, 5.74) is 1.41. The first kappa shape index (κ1) is 77.5. The molecule has 15 N–H and O–H groups in total. The number of carbonyl (C=O) groups excluding carboxylic acids is 3. The van der Waals surface area contributed by atoms with Crippen molar-refractivity contribution in [1.82, 2.24) is 24.4 Å². The summed E-state index contributed by atoms with van der Waals surface area (Å²) in [4.78, 5) is 162. The van der Waals surface area contributed by atoms with Crippen LogP contribution in [0.5, 0.6) is 11.5 Å². The van der Waals surface area contributed by atoms with Crippen LogP contribution >= 0.6 is 46.9 Å². The SMILES string of the molecule is CC(CC(=O)Oc1cccc(C#Cc2cn(C3CC(O)C(COP(=O)(O)OP(=O)(O)OP(=O)(O)O)O3)c(=O)[nH]c2=O)c1)NC(=O)OC(C)(C)C.CC(N)CC(=O)Oc1cccc(C#Cc2cn(C3CC(O)C(COP(=O)(O)OP(=O)(O)OP(=O)(O)O)O3)c(=O)[nH]c2=O)c1. The summed E-state index contributed by atoms with van der Waals surface area (Å²) >= 11 is 0. The third-order valence-electron chi connectivity index (χ3n) is 11.1. The fraction of sp³-hybridized carbons (Fsp3) is 0.426. The van der Waals surface area contributed by atoms with Crippen LogP contribution in [0.3, 0.4) is 0 Å². The second-order valence-electron chi connectivity index (χ2n) is 20.5. The molecule has 4 aromatic rings. The van der Waals surface area contributed by atoms with Crippen LogP contribution in [0.2, 0.25) is 0 Å². The molecule has 6 rings (SSSR count). The number of benzene rings is 2. The monoisotopic (exact) mass is 1440 g/mol. The highest BCUT2D eigenvalue weighted by Crippen LogP contribution is 2.67. The zero-order chi connectivity index (χ0) is 69.8. The van der Waals surface area contributed by atoms with Crippen LogP contribution in [-0.2, 0) is 77.5 Å². The average Bonchev–Trinajstić information content (AvgIpc) is 1.75. The number of rotatable bonds is 23. The molecule has 1 amide bonds. The van der Waals surface area contributed by atoms with E-state index in [4.69, 9.17) is 49.0 Å². The Hall–Kier alpha value is -6.25. The number of H-pyrrole nitrogens is 2. The second kappa shape index (κ2) is 32.0. The van der Waals surface area contributed by atoms with Gasteiger partial charge in [-0.25, -0.2) is 41.8 Å². The number of carbonyl (C=O) groups is 3. The van der Waals surface area contributed by atoms with Crippen molar-refractivity contribution < 1.29 is 141 Å². The minimum Gasteiger partial charge on any atom is -0.444 e. The van der Waals surface area contributed by atoms with Gasteiger partial charge in [-0.1, -0.05) is 35.8 Å². The highest BCUT2D eigenvalue weighted by atomic mass is 31.3. The molecule has 0 radical (unpaired) electrons. The third kappa shape index (κ3) is 27.2. The second-order valence-corrected chi connectivity index (χ2v) is 29.3. The smallest absolute Gasteiger partial charge is 0.444 e. The molecule has 512 valence electrons. The molecule has 2 fully saturated rings. The molecular formula is C47H60N6O34P6. The number of alkyl carbamates (subject to hydrolysis) is 1. The number of nitrogens with one attached hydrogen (secondary N) is 3. The third-order valence-corrected chi connectivity index (χ3v) is 18.7. The zero-order valence-corrected chi connectivity index (χ0v) is 53.9. The predicted octanol–water partition coefficient (Wildman–Crippen LogP) is 0.708. The highest BCUT2D eigenvalue weighted by Gasteiger charge is 2.45. The van der Waals surface area contributed by atoms with Crippen LogP contribution in [0.25, 0.3) is 0 Å². The van der Waals surface area contributed by atoms with Gasteiger partial charge in [0.2, 0.25) is 0 Å². The number of nitrogens with two attached hydrogens (primary N) is 1. The van der Waals surface area contributed by atoms with Crippen molar-refractivity contribution in [2.75, 3.05) is 13.2 Å². The Labute approximate surface area is 522 Å². The Morgan fingerprint density at radius 3 is 1.38 bits per heavy atom. The molecule has 46 heteroatoms. The molecule has 4 heterocycles. The fourth-order valence-corrected chi connectivity index (χ4v) is 13.6. The molecule has 0 spiro atoms. The van der Waals surface area contributed by atoms with Crippen molar-refractivity contribution >= 4 is 65.0 Å². The number of aromatic amines is 2. The van der Waals surface area contributed by atoms with Crippen molar-refractivity contribution in [2.24, 2.45) is 5.73 Å². The van der Waals surface area contributed by atoms with Crippen LogP contribution < -0.4 is 43.0 Å². The number of ether oxygens (including phenoxy) is 5. The quantitative estimate of drug-likeness (QED) is 0.0210. The molecular weight excluding hydrogens is 1380 g/mol. The molecule has 12 atom stereocenters. The maximum Gasteiger partial charge on any atom is 0.490 e. The number of esters is 2. The molecule has 2 aromatic carbocycles. The number of aliphatic hydroxyl groups excluding tert-OH is 2. The topological polar surface area (TPSA) is 605 Å². The maximum absolute atomic E-state index is 12.5. The van der Waals surface area contributed by atoms with E-state index in [0.29, 0.717) is 11.1 Å². The number of hydrogen-bond donors (Lipinski definition) is 14. The van der Waals surface area contributed by atoms with E-state index in [-0.39, 0.29) is 48.3 Å².